The third-order valence-electron chi connectivity index (χ3n) is 4.66. The Balaban J connectivity index is 1.53. The lowest BCUT2D eigenvalue weighted by Gasteiger charge is -2.04. The maximum Gasteiger partial charge on any atom is 0.185 e. The third kappa shape index (κ3) is 4.73. The molecule has 154 valence electrons. The molecule has 0 aliphatic heterocycles. The number of hydrogen-bond donors (Lipinski definition) is 1. The van der Waals surface area contributed by atoms with E-state index < -0.39 is 0 Å². The number of aromatic nitrogens is 3. The van der Waals surface area contributed by atoms with Crippen molar-refractivity contribution in [3.05, 3.63) is 94.6 Å². The van der Waals surface area contributed by atoms with Crippen molar-refractivity contribution >= 4 is 27.8 Å². The summed E-state index contributed by atoms with van der Waals surface area (Å²) < 4.78 is 7.66. The topological polar surface area (TPSA) is 77.2 Å². The third-order valence-corrected chi connectivity index (χ3v) is 5.19. The molecule has 0 radical (unpaired) electrons. The van der Waals surface area contributed by atoms with Crippen LogP contribution in [0, 0.1) is 0 Å². The minimum Gasteiger partial charge on any atom is -0.504 e. The highest BCUT2D eigenvalue weighted by molar-refractivity contribution is 9.10. The Morgan fingerprint density at radius 1 is 1.10 bits per heavy atom. The molecule has 7 heteroatoms. The largest absolute Gasteiger partial charge is 0.504 e. The summed E-state index contributed by atoms with van der Waals surface area (Å²) in [4.78, 5) is 12.6. The molecule has 6 nitrogen and oxygen atoms in total. The summed E-state index contributed by atoms with van der Waals surface area (Å²) in [5.74, 6) is 0.240. The van der Waals surface area contributed by atoms with Crippen LogP contribution < -0.4 is 4.74 Å². The zero-order valence-electron chi connectivity index (χ0n) is 16.6. The Morgan fingerprint density at radius 2 is 1.90 bits per heavy atom. The van der Waals surface area contributed by atoms with Crippen molar-refractivity contribution in [1.82, 2.24) is 15.0 Å². The van der Waals surface area contributed by atoms with E-state index in [1.165, 1.54) is 19.3 Å². The predicted molar refractivity (Wildman–Crippen MR) is 123 cm³/mol. The van der Waals surface area contributed by atoms with Gasteiger partial charge in [0.1, 0.15) is 5.69 Å². The van der Waals surface area contributed by atoms with Crippen LogP contribution in [0.15, 0.2) is 83.5 Å². The lowest BCUT2D eigenvalue weighted by atomic mass is 10.1. The highest BCUT2D eigenvalue weighted by Gasteiger charge is 2.08. The van der Waals surface area contributed by atoms with E-state index in [0.717, 1.165) is 21.4 Å². The number of phenolic OH excluding ortho intramolecular Hbond substituents is 1. The Morgan fingerprint density at radius 3 is 2.65 bits per heavy atom. The number of allylic oxidation sites excluding steroid dienone is 1. The fourth-order valence-corrected chi connectivity index (χ4v) is 3.29. The molecule has 4 aromatic rings. The standard InChI is InChI=1S/C24H18BrN3O3/c1-31-24-12-6-16(13-23(24)30)5-11-22(29)18-3-2-4-20(14-18)28-15-21(26-27-28)17-7-9-19(25)10-8-17/h2-15,30H,1H3/b11-5+. The second kappa shape index (κ2) is 8.97. The summed E-state index contributed by atoms with van der Waals surface area (Å²) in [6.45, 7) is 0. The van der Waals surface area contributed by atoms with Gasteiger partial charge >= 0.3 is 0 Å². The van der Waals surface area contributed by atoms with Crippen LogP contribution in [0.5, 0.6) is 11.5 Å². The lowest BCUT2D eigenvalue weighted by molar-refractivity contribution is 0.104. The van der Waals surface area contributed by atoms with E-state index in [2.05, 4.69) is 26.2 Å². The van der Waals surface area contributed by atoms with Crippen molar-refractivity contribution in [2.75, 3.05) is 7.11 Å². The van der Waals surface area contributed by atoms with E-state index in [0.29, 0.717) is 16.9 Å². The number of methoxy groups -OCH3 is 1. The maximum atomic E-state index is 12.6. The first kappa shape index (κ1) is 20.6. The van der Waals surface area contributed by atoms with E-state index in [1.54, 1.807) is 41.1 Å². The molecule has 0 saturated carbocycles. The second-order valence-corrected chi connectivity index (χ2v) is 7.65. The number of phenols is 1. The highest BCUT2D eigenvalue weighted by Crippen LogP contribution is 2.27. The van der Waals surface area contributed by atoms with Crippen molar-refractivity contribution in [1.29, 1.82) is 0 Å². The minimum atomic E-state index is -0.162. The van der Waals surface area contributed by atoms with Crippen LogP contribution in [0.1, 0.15) is 15.9 Å². The van der Waals surface area contributed by atoms with Gasteiger partial charge < -0.3 is 9.84 Å². The number of ether oxygens (including phenoxy) is 1. The number of aromatic hydroxyl groups is 1. The van der Waals surface area contributed by atoms with Crippen LogP contribution in [0.3, 0.4) is 0 Å². The van der Waals surface area contributed by atoms with E-state index in [4.69, 9.17) is 4.74 Å². The van der Waals surface area contributed by atoms with Crippen LogP contribution in [-0.4, -0.2) is 33.0 Å². The number of halogens is 1. The molecule has 0 bridgehead atoms. The molecule has 1 aromatic heterocycles. The van der Waals surface area contributed by atoms with Crippen molar-refractivity contribution in [3.8, 4) is 28.4 Å². The Labute approximate surface area is 187 Å². The van der Waals surface area contributed by atoms with Gasteiger partial charge in [-0.25, -0.2) is 4.68 Å². The number of nitrogens with zero attached hydrogens (tertiary/aromatic N) is 3. The van der Waals surface area contributed by atoms with Crippen molar-refractivity contribution in [2.45, 2.75) is 0 Å². The number of rotatable bonds is 6. The van der Waals surface area contributed by atoms with Crippen LogP contribution in [0.4, 0.5) is 0 Å². The van der Waals surface area contributed by atoms with Crippen LogP contribution in [-0.2, 0) is 0 Å². The first-order valence-electron chi connectivity index (χ1n) is 9.41. The highest BCUT2D eigenvalue weighted by atomic mass is 79.9. The molecule has 0 aliphatic carbocycles. The first-order valence-corrected chi connectivity index (χ1v) is 10.2. The first-order chi connectivity index (χ1) is 15.0. The molecule has 1 N–H and O–H groups in total. The quantitative estimate of drug-likeness (QED) is 0.302. The molecule has 0 saturated heterocycles. The molecule has 31 heavy (non-hydrogen) atoms. The zero-order valence-corrected chi connectivity index (χ0v) is 18.2. The van der Waals surface area contributed by atoms with Crippen molar-refractivity contribution < 1.29 is 14.6 Å². The number of carbonyl (C=O) groups is 1. The molecule has 1 heterocycles. The van der Waals surface area contributed by atoms with Gasteiger partial charge in [-0.05, 0) is 48.0 Å². The number of carbonyl (C=O) groups excluding carboxylic acids is 1. The summed E-state index contributed by atoms with van der Waals surface area (Å²) in [5.41, 5.74) is 3.64. The summed E-state index contributed by atoms with van der Waals surface area (Å²) in [5, 5.41) is 18.3. The average molecular weight is 476 g/mol. The minimum absolute atomic E-state index is 0.0202. The Kier molecular flexibility index (Phi) is 5.95. The second-order valence-electron chi connectivity index (χ2n) is 6.73. The van der Waals surface area contributed by atoms with Gasteiger partial charge in [0.15, 0.2) is 17.3 Å². The molecule has 0 spiro atoms. The van der Waals surface area contributed by atoms with Gasteiger partial charge in [-0.3, -0.25) is 4.79 Å². The fraction of sp³-hybridized carbons (Fsp3) is 0.0417. The SMILES string of the molecule is COc1ccc(/C=C/C(=O)c2cccc(-n3cc(-c4ccc(Br)cc4)nn3)c2)cc1O. The summed E-state index contributed by atoms with van der Waals surface area (Å²) >= 11 is 3.42. The molecule has 0 fully saturated rings. The van der Waals surface area contributed by atoms with Gasteiger partial charge in [0.2, 0.25) is 0 Å². The summed E-state index contributed by atoms with van der Waals surface area (Å²) in [7, 11) is 1.48. The number of benzene rings is 3. The molecule has 0 unspecified atom stereocenters. The van der Waals surface area contributed by atoms with Crippen LogP contribution in [0.25, 0.3) is 23.0 Å². The Hall–Kier alpha value is -3.71. The van der Waals surface area contributed by atoms with Gasteiger partial charge in [0.05, 0.1) is 19.0 Å². The number of hydrogen-bond acceptors (Lipinski definition) is 5. The molecule has 0 atom stereocenters. The van der Waals surface area contributed by atoms with Crippen molar-refractivity contribution in [2.24, 2.45) is 0 Å². The van der Waals surface area contributed by atoms with E-state index in [9.17, 15) is 9.90 Å². The number of ketones is 1. The summed E-state index contributed by atoms with van der Waals surface area (Å²) in [6, 6.07) is 19.9. The zero-order chi connectivity index (χ0) is 21.8. The molecule has 3 aromatic carbocycles. The van der Waals surface area contributed by atoms with Gasteiger partial charge in [-0.2, -0.15) is 0 Å². The predicted octanol–water partition coefficient (Wildman–Crippen LogP) is 5.31. The lowest BCUT2D eigenvalue weighted by Crippen LogP contribution is -1.99. The molecular weight excluding hydrogens is 458 g/mol. The van der Waals surface area contributed by atoms with E-state index in [1.807, 2.05) is 36.5 Å². The van der Waals surface area contributed by atoms with E-state index >= 15 is 0 Å². The monoisotopic (exact) mass is 475 g/mol. The average Bonchev–Trinajstić information content (AvgIpc) is 3.28. The van der Waals surface area contributed by atoms with Gasteiger partial charge in [-0.15, -0.1) is 5.10 Å². The van der Waals surface area contributed by atoms with Gasteiger partial charge in [0, 0.05) is 15.6 Å². The van der Waals surface area contributed by atoms with Gasteiger partial charge in [0.25, 0.3) is 0 Å². The summed E-state index contributed by atoms with van der Waals surface area (Å²) in [6.07, 6.45) is 4.94. The van der Waals surface area contributed by atoms with E-state index in [-0.39, 0.29) is 11.5 Å². The molecule has 0 aliphatic rings. The smallest absolute Gasteiger partial charge is 0.185 e. The Bertz CT molecular complexity index is 1260. The van der Waals surface area contributed by atoms with Crippen LogP contribution >= 0.6 is 15.9 Å². The normalized spacial score (nSPS) is 11.0. The molecule has 4 rings (SSSR count). The fourth-order valence-electron chi connectivity index (χ4n) is 3.02. The maximum absolute atomic E-state index is 12.6. The van der Waals surface area contributed by atoms with Crippen molar-refractivity contribution in [3.63, 3.8) is 0 Å². The van der Waals surface area contributed by atoms with Crippen LogP contribution in [0.2, 0.25) is 0 Å². The molecular formula is C24H18BrN3O3. The van der Waals surface area contributed by atoms with Gasteiger partial charge in [-0.1, -0.05) is 57.6 Å². The molecule has 0 amide bonds.